The molecule has 7 heteroatoms. The predicted molar refractivity (Wildman–Crippen MR) is 173 cm³/mol. The molecule has 0 radical (unpaired) electrons. The van der Waals surface area contributed by atoms with Crippen molar-refractivity contribution in [1.82, 2.24) is 4.90 Å². The molecule has 0 bridgehead atoms. The van der Waals surface area contributed by atoms with Gasteiger partial charge in [-0.25, -0.2) is 4.79 Å². The van der Waals surface area contributed by atoms with Crippen molar-refractivity contribution in [3.8, 4) is 5.75 Å². The van der Waals surface area contributed by atoms with Crippen LogP contribution in [0.25, 0.3) is 0 Å². The van der Waals surface area contributed by atoms with Crippen molar-refractivity contribution in [2.45, 2.75) is 85.4 Å². The third-order valence-corrected chi connectivity index (χ3v) is 6.49. The fraction of sp³-hybridized carbons (Fsp3) is 0.444. The maximum atomic E-state index is 13.2. The number of carboxylic acid groups (broad SMARTS) is 1. The first kappa shape index (κ1) is 35.5. The number of nitrogens with zero attached hydrogens (tertiary/aromatic N) is 1. The third-order valence-electron chi connectivity index (χ3n) is 6.49. The quantitative estimate of drug-likeness (QED) is 0.181. The van der Waals surface area contributed by atoms with Crippen molar-refractivity contribution in [3.63, 3.8) is 0 Å². The maximum Gasteiger partial charge on any atom is 0.336 e. The molecule has 0 aliphatic carbocycles. The van der Waals surface area contributed by atoms with Gasteiger partial charge in [-0.2, -0.15) is 0 Å². The maximum absolute atomic E-state index is 13.2. The SMILES string of the molecule is CC(C)(C)N.CCOCCCN(Cc1ccc(C(C)C)cc1)C(=O)CCc1ccc(OCc2ccccc2C(=O)O)cc1. The van der Waals surface area contributed by atoms with Crippen molar-refractivity contribution in [2.24, 2.45) is 5.73 Å². The molecule has 7 nitrogen and oxygen atoms in total. The van der Waals surface area contributed by atoms with Gasteiger partial charge in [0.2, 0.25) is 5.91 Å². The lowest BCUT2D eigenvalue weighted by Crippen LogP contribution is -2.32. The average molecular weight is 591 g/mol. The van der Waals surface area contributed by atoms with Crippen molar-refractivity contribution in [2.75, 3.05) is 19.8 Å². The van der Waals surface area contributed by atoms with Gasteiger partial charge in [0.05, 0.1) is 5.56 Å². The first-order valence-corrected chi connectivity index (χ1v) is 15.1. The lowest BCUT2D eigenvalue weighted by molar-refractivity contribution is -0.132. The molecule has 0 heterocycles. The zero-order chi connectivity index (χ0) is 31.8. The standard InChI is InChI=1S/C32H39NO5.C4H11N/c1-4-37-21-7-20-33(22-26-10-15-27(16-11-26)24(2)3)31(34)19-14-25-12-17-29(18-13-25)38-23-28-8-5-6-9-30(28)32(35)36;1-4(2,3)5/h5-6,8-13,15-18,24H,4,7,14,19-23H2,1-3H3,(H,35,36);5H2,1-3H3. The Kier molecular flexibility index (Phi) is 14.9. The summed E-state index contributed by atoms with van der Waals surface area (Å²) < 4.78 is 11.3. The second kappa shape index (κ2) is 18.1. The molecule has 43 heavy (non-hydrogen) atoms. The minimum Gasteiger partial charge on any atom is -0.489 e. The number of aromatic carboxylic acids is 1. The Morgan fingerprint density at radius 2 is 1.53 bits per heavy atom. The summed E-state index contributed by atoms with van der Waals surface area (Å²) in [5.74, 6) is 0.289. The number of ether oxygens (including phenoxy) is 2. The Hall–Kier alpha value is -3.68. The summed E-state index contributed by atoms with van der Waals surface area (Å²) in [6.45, 7) is 15.0. The van der Waals surface area contributed by atoms with E-state index >= 15 is 0 Å². The number of carbonyl (C=O) groups excluding carboxylic acids is 1. The summed E-state index contributed by atoms with van der Waals surface area (Å²) in [5.41, 5.74) is 9.69. The Balaban J connectivity index is 0.00000119. The fourth-order valence-corrected chi connectivity index (χ4v) is 4.20. The first-order chi connectivity index (χ1) is 20.4. The van der Waals surface area contributed by atoms with Gasteiger partial charge in [-0.3, -0.25) is 4.79 Å². The van der Waals surface area contributed by atoms with Crippen molar-refractivity contribution in [3.05, 3.63) is 101 Å². The number of rotatable bonds is 15. The van der Waals surface area contributed by atoms with Gasteiger partial charge in [-0.15, -0.1) is 0 Å². The third kappa shape index (κ3) is 14.4. The molecule has 3 N–H and O–H groups in total. The number of hydrogen-bond acceptors (Lipinski definition) is 5. The van der Waals surface area contributed by atoms with Crippen molar-refractivity contribution < 1.29 is 24.2 Å². The molecule has 0 unspecified atom stereocenters. The summed E-state index contributed by atoms with van der Waals surface area (Å²) in [7, 11) is 0. The molecule has 0 fully saturated rings. The largest absolute Gasteiger partial charge is 0.489 e. The Morgan fingerprint density at radius 1 is 0.930 bits per heavy atom. The van der Waals surface area contributed by atoms with Crippen molar-refractivity contribution in [1.29, 1.82) is 0 Å². The molecule has 0 aliphatic heterocycles. The van der Waals surface area contributed by atoms with E-state index in [0.717, 1.165) is 17.5 Å². The highest BCUT2D eigenvalue weighted by Crippen LogP contribution is 2.19. The number of carboxylic acids is 1. The number of aryl methyl sites for hydroxylation is 1. The van der Waals surface area contributed by atoms with Crippen LogP contribution in [-0.4, -0.2) is 47.2 Å². The molecule has 3 rings (SSSR count). The monoisotopic (exact) mass is 590 g/mol. The van der Waals surface area contributed by atoms with Crippen LogP contribution in [0.1, 0.15) is 92.9 Å². The summed E-state index contributed by atoms with van der Waals surface area (Å²) in [6.07, 6.45) is 1.86. The van der Waals surface area contributed by atoms with Crippen LogP contribution < -0.4 is 10.5 Å². The highest BCUT2D eigenvalue weighted by molar-refractivity contribution is 5.89. The summed E-state index contributed by atoms with van der Waals surface area (Å²) >= 11 is 0. The van der Waals surface area contributed by atoms with Crippen molar-refractivity contribution >= 4 is 11.9 Å². The molecule has 0 spiro atoms. The van der Waals surface area contributed by atoms with Crippen LogP contribution in [0.15, 0.2) is 72.8 Å². The molecule has 0 aliphatic rings. The second-order valence-electron chi connectivity index (χ2n) is 12.0. The molecule has 1 amide bonds. The minimum absolute atomic E-state index is 0. The van der Waals surface area contributed by atoms with Crippen LogP contribution in [0.4, 0.5) is 0 Å². The van der Waals surface area contributed by atoms with Gasteiger partial charge in [0, 0.05) is 43.8 Å². The lowest BCUT2D eigenvalue weighted by atomic mass is 10.0. The van der Waals surface area contributed by atoms with E-state index in [-0.39, 0.29) is 23.6 Å². The smallest absolute Gasteiger partial charge is 0.336 e. The van der Waals surface area contributed by atoms with Crippen LogP contribution in [-0.2, 0) is 29.1 Å². The van der Waals surface area contributed by atoms with Gasteiger partial charge in [0.1, 0.15) is 12.4 Å². The van der Waals surface area contributed by atoms with E-state index in [2.05, 4.69) is 38.1 Å². The molecule has 0 saturated carbocycles. The average Bonchev–Trinajstić information content (AvgIpc) is 2.96. The molecular formula is C36H50N2O5. The number of nitrogens with two attached hydrogens (primary N) is 1. The second-order valence-corrected chi connectivity index (χ2v) is 12.0. The van der Waals surface area contributed by atoms with E-state index in [1.165, 1.54) is 5.56 Å². The van der Waals surface area contributed by atoms with Gasteiger partial charge in [0.15, 0.2) is 0 Å². The molecule has 3 aromatic rings. The van der Waals surface area contributed by atoms with E-state index < -0.39 is 5.97 Å². The van der Waals surface area contributed by atoms with Gasteiger partial charge in [-0.1, -0.05) is 68.4 Å². The van der Waals surface area contributed by atoms with Gasteiger partial charge in [0.25, 0.3) is 0 Å². The number of benzene rings is 3. The predicted octanol–water partition coefficient (Wildman–Crippen LogP) is 7.22. The van der Waals surface area contributed by atoms with Crippen LogP contribution in [0.2, 0.25) is 0 Å². The van der Waals surface area contributed by atoms with Crippen LogP contribution in [0.3, 0.4) is 0 Å². The molecule has 0 saturated heterocycles. The zero-order valence-electron chi connectivity index (χ0n) is 26.8. The van der Waals surface area contributed by atoms with E-state index in [1.54, 1.807) is 24.3 Å². The summed E-state index contributed by atoms with van der Waals surface area (Å²) in [6, 6.07) is 23.0. The Labute approximate surface area is 258 Å². The number of amides is 1. The topological polar surface area (TPSA) is 102 Å². The summed E-state index contributed by atoms with van der Waals surface area (Å²) in [4.78, 5) is 26.5. The van der Waals surface area contributed by atoms with Gasteiger partial charge >= 0.3 is 5.97 Å². The molecular weight excluding hydrogens is 540 g/mol. The lowest BCUT2D eigenvalue weighted by Gasteiger charge is -2.23. The van der Waals surface area contributed by atoms with Crippen LogP contribution >= 0.6 is 0 Å². The molecule has 0 aromatic heterocycles. The normalized spacial score (nSPS) is 11.1. The Morgan fingerprint density at radius 3 is 2.12 bits per heavy atom. The highest BCUT2D eigenvalue weighted by Gasteiger charge is 2.15. The zero-order valence-corrected chi connectivity index (χ0v) is 26.8. The number of carbonyl (C=O) groups is 2. The van der Waals surface area contributed by atoms with Gasteiger partial charge in [-0.05, 0) is 81.3 Å². The Bertz CT molecular complexity index is 1240. The van der Waals surface area contributed by atoms with Gasteiger partial charge < -0.3 is 25.2 Å². The van der Waals surface area contributed by atoms with E-state index in [9.17, 15) is 14.7 Å². The molecule has 0 atom stereocenters. The highest BCUT2D eigenvalue weighted by atomic mass is 16.5. The summed E-state index contributed by atoms with van der Waals surface area (Å²) in [5, 5.41) is 9.33. The van der Waals surface area contributed by atoms with E-state index in [0.29, 0.717) is 56.4 Å². The fourth-order valence-electron chi connectivity index (χ4n) is 4.20. The van der Waals surface area contributed by atoms with E-state index in [4.69, 9.17) is 15.2 Å². The molecule has 3 aromatic carbocycles. The first-order valence-electron chi connectivity index (χ1n) is 15.1. The minimum atomic E-state index is -0.969. The van der Waals surface area contributed by atoms with Crippen LogP contribution in [0.5, 0.6) is 5.75 Å². The van der Waals surface area contributed by atoms with E-state index in [1.807, 2.05) is 56.9 Å². The van der Waals surface area contributed by atoms with Crippen LogP contribution in [0, 0.1) is 0 Å². The number of hydrogen-bond donors (Lipinski definition) is 2. The molecule has 234 valence electrons.